The number of aromatic nitrogens is 2. The van der Waals surface area contributed by atoms with Crippen LogP contribution in [0.4, 0.5) is 5.95 Å². The summed E-state index contributed by atoms with van der Waals surface area (Å²) in [5.41, 5.74) is 2.53. The average Bonchev–Trinajstić information content (AvgIpc) is 2.87. The quantitative estimate of drug-likeness (QED) is 0.454. The van der Waals surface area contributed by atoms with Gasteiger partial charge in [-0.3, -0.25) is 4.90 Å². The number of aryl methyl sites for hydroxylation is 2. The number of ether oxygens (including phenoxy) is 2. The molecule has 6 nitrogen and oxygen atoms in total. The summed E-state index contributed by atoms with van der Waals surface area (Å²) in [6, 6.07) is 18.5. The molecule has 2 heterocycles. The van der Waals surface area contributed by atoms with Crippen LogP contribution in [0.15, 0.2) is 67.0 Å². The van der Waals surface area contributed by atoms with Crippen molar-refractivity contribution in [3.05, 3.63) is 78.1 Å². The van der Waals surface area contributed by atoms with Gasteiger partial charge in [-0.2, -0.15) is 0 Å². The summed E-state index contributed by atoms with van der Waals surface area (Å²) in [6.45, 7) is 5.80. The third-order valence-electron chi connectivity index (χ3n) is 5.87. The van der Waals surface area contributed by atoms with Gasteiger partial charge in [-0.15, -0.1) is 0 Å². The summed E-state index contributed by atoms with van der Waals surface area (Å²) >= 11 is 0. The van der Waals surface area contributed by atoms with Crippen molar-refractivity contribution in [1.29, 1.82) is 0 Å². The van der Waals surface area contributed by atoms with Gasteiger partial charge in [0.05, 0.1) is 13.7 Å². The highest BCUT2D eigenvalue weighted by atomic mass is 16.5. The van der Waals surface area contributed by atoms with Crippen molar-refractivity contribution in [3.63, 3.8) is 0 Å². The smallest absolute Gasteiger partial charge is 0.225 e. The molecule has 0 unspecified atom stereocenters. The Labute approximate surface area is 190 Å². The molecule has 0 bridgehead atoms. The second-order valence-corrected chi connectivity index (χ2v) is 8.04. The summed E-state index contributed by atoms with van der Waals surface area (Å²) < 4.78 is 11.5. The summed E-state index contributed by atoms with van der Waals surface area (Å²) in [7, 11) is 1.71. The SMILES string of the molecule is COc1cccc(CCc2ccccc2OCCCN2CCN(c3ncccn3)CC2)c1. The Morgan fingerprint density at radius 1 is 0.875 bits per heavy atom. The van der Waals surface area contributed by atoms with Crippen LogP contribution >= 0.6 is 0 Å². The first-order valence-corrected chi connectivity index (χ1v) is 11.4. The molecule has 1 fully saturated rings. The molecule has 1 aliphatic heterocycles. The van der Waals surface area contributed by atoms with E-state index in [1.807, 2.05) is 18.2 Å². The van der Waals surface area contributed by atoms with Gasteiger partial charge in [-0.1, -0.05) is 30.3 Å². The highest BCUT2D eigenvalue weighted by Crippen LogP contribution is 2.21. The Morgan fingerprint density at radius 3 is 2.50 bits per heavy atom. The zero-order valence-electron chi connectivity index (χ0n) is 18.8. The zero-order chi connectivity index (χ0) is 22.0. The van der Waals surface area contributed by atoms with E-state index in [0.717, 1.165) is 76.0 Å². The molecule has 0 N–H and O–H groups in total. The van der Waals surface area contributed by atoms with E-state index in [1.165, 1.54) is 11.1 Å². The third kappa shape index (κ3) is 6.20. The van der Waals surface area contributed by atoms with E-state index in [1.54, 1.807) is 19.5 Å². The standard InChI is InChI=1S/C26H32N4O2/c1-31-24-9-4-7-22(21-24)11-12-23-8-2-3-10-25(23)32-20-6-15-29-16-18-30(19-17-29)26-27-13-5-14-28-26/h2-5,7-10,13-14,21H,6,11-12,15-20H2,1H3. The largest absolute Gasteiger partial charge is 0.497 e. The first-order chi connectivity index (χ1) is 15.8. The predicted octanol–water partition coefficient (Wildman–Crippen LogP) is 3.86. The summed E-state index contributed by atoms with van der Waals surface area (Å²) in [5, 5.41) is 0. The fourth-order valence-corrected chi connectivity index (χ4v) is 4.05. The number of para-hydroxylation sites is 1. The number of anilines is 1. The molecule has 0 spiro atoms. The highest BCUT2D eigenvalue weighted by Gasteiger charge is 2.18. The minimum atomic E-state index is 0.734. The monoisotopic (exact) mass is 432 g/mol. The van der Waals surface area contributed by atoms with Crippen LogP contribution in [-0.2, 0) is 12.8 Å². The third-order valence-corrected chi connectivity index (χ3v) is 5.87. The van der Waals surface area contributed by atoms with Crippen molar-refractivity contribution >= 4 is 5.95 Å². The Balaban J connectivity index is 1.19. The van der Waals surface area contributed by atoms with Crippen molar-refractivity contribution in [2.24, 2.45) is 0 Å². The van der Waals surface area contributed by atoms with Crippen LogP contribution in [0.3, 0.4) is 0 Å². The lowest BCUT2D eigenvalue weighted by molar-refractivity contribution is 0.223. The molecule has 1 aliphatic rings. The van der Waals surface area contributed by atoms with E-state index in [2.05, 4.69) is 56.2 Å². The fraction of sp³-hybridized carbons (Fsp3) is 0.385. The molecule has 6 heteroatoms. The van der Waals surface area contributed by atoms with Gasteiger partial charge in [0.1, 0.15) is 11.5 Å². The molecular weight excluding hydrogens is 400 g/mol. The molecule has 4 rings (SSSR count). The van der Waals surface area contributed by atoms with Gasteiger partial charge in [0.25, 0.3) is 0 Å². The van der Waals surface area contributed by atoms with Crippen molar-refractivity contribution < 1.29 is 9.47 Å². The molecule has 32 heavy (non-hydrogen) atoms. The lowest BCUT2D eigenvalue weighted by Gasteiger charge is -2.34. The van der Waals surface area contributed by atoms with Crippen molar-refractivity contribution in [2.45, 2.75) is 19.3 Å². The summed E-state index contributed by atoms with van der Waals surface area (Å²) in [5.74, 6) is 2.74. The summed E-state index contributed by atoms with van der Waals surface area (Å²) in [6.07, 6.45) is 6.55. The molecule has 0 atom stereocenters. The Hall–Kier alpha value is -3.12. The Kier molecular flexibility index (Phi) is 7.93. The Bertz CT molecular complexity index is 959. The van der Waals surface area contributed by atoms with Crippen LogP contribution in [0.5, 0.6) is 11.5 Å². The second-order valence-electron chi connectivity index (χ2n) is 8.04. The molecule has 1 saturated heterocycles. The van der Waals surface area contributed by atoms with Crippen LogP contribution < -0.4 is 14.4 Å². The molecule has 168 valence electrons. The van der Waals surface area contributed by atoms with Gasteiger partial charge >= 0.3 is 0 Å². The van der Waals surface area contributed by atoms with Gasteiger partial charge in [0.2, 0.25) is 5.95 Å². The van der Waals surface area contributed by atoms with Crippen molar-refractivity contribution in [3.8, 4) is 11.5 Å². The number of hydrogen-bond donors (Lipinski definition) is 0. The number of nitrogens with zero attached hydrogens (tertiary/aromatic N) is 4. The maximum absolute atomic E-state index is 6.17. The lowest BCUT2D eigenvalue weighted by Crippen LogP contribution is -2.47. The van der Waals surface area contributed by atoms with E-state index >= 15 is 0 Å². The van der Waals surface area contributed by atoms with Gasteiger partial charge in [-0.05, 0) is 54.7 Å². The van der Waals surface area contributed by atoms with Crippen LogP contribution in [0, 0.1) is 0 Å². The molecule has 0 saturated carbocycles. The van der Waals surface area contributed by atoms with Crippen LogP contribution in [0.25, 0.3) is 0 Å². The van der Waals surface area contributed by atoms with Gasteiger partial charge in [0, 0.05) is 45.1 Å². The zero-order valence-corrected chi connectivity index (χ0v) is 18.8. The number of benzene rings is 2. The van der Waals surface area contributed by atoms with Crippen LogP contribution in [-0.4, -0.2) is 61.3 Å². The van der Waals surface area contributed by atoms with Crippen molar-refractivity contribution in [2.75, 3.05) is 51.3 Å². The molecule has 0 radical (unpaired) electrons. The van der Waals surface area contributed by atoms with Crippen LogP contribution in [0.2, 0.25) is 0 Å². The van der Waals surface area contributed by atoms with E-state index in [4.69, 9.17) is 9.47 Å². The number of hydrogen-bond acceptors (Lipinski definition) is 6. The molecule has 2 aromatic carbocycles. The van der Waals surface area contributed by atoms with Crippen LogP contribution in [0.1, 0.15) is 17.5 Å². The number of methoxy groups -OCH3 is 1. The highest BCUT2D eigenvalue weighted by molar-refractivity contribution is 5.35. The molecule has 0 amide bonds. The van der Waals surface area contributed by atoms with Gasteiger partial charge in [0.15, 0.2) is 0 Å². The molecule has 0 aliphatic carbocycles. The van der Waals surface area contributed by atoms with E-state index < -0.39 is 0 Å². The van der Waals surface area contributed by atoms with Gasteiger partial charge in [-0.25, -0.2) is 9.97 Å². The lowest BCUT2D eigenvalue weighted by atomic mass is 10.0. The first kappa shape index (κ1) is 22.1. The fourth-order valence-electron chi connectivity index (χ4n) is 4.05. The number of rotatable bonds is 10. The summed E-state index contributed by atoms with van der Waals surface area (Å²) in [4.78, 5) is 13.5. The number of piperazine rings is 1. The van der Waals surface area contributed by atoms with Crippen molar-refractivity contribution in [1.82, 2.24) is 14.9 Å². The molecule has 1 aromatic heterocycles. The van der Waals surface area contributed by atoms with E-state index in [-0.39, 0.29) is 0 Å². The minimum Gasteiger partial charge on any atom is -0.497 e. The average molecular weight is 433 g/mol. The normalized spacial score (nSPS) is 14.3. The maximum atomic E-state index is 6.17. The first-order valence-electron chi connectivity index (χ1n) is 11.4. The second kappa shape index (κ2) is 11.5. The van der Waals surface area contributed by atoms with E-state index in [9.17, 15) is 0 Å². The minimum absolute atomic E-state index is 0.734. The molecular formula is C26H32N4O2. The van der Waals surface area contributed by atoms with E-state index in [0.29, 0.717) is 0 Å². The Morgan fingerprint density at radius 2 is 1.69 bits per heavy atom. The maximum Gasteiger partial charge on any atom is 0.225 e. The topological polar surface area (TPSA) is 50.7 Å². The molecule has 3 aromatic rings. The van der Waals surface area contributed by atoms with Gasteiger partial charge < -0.3 is 14.4 Å². The predicted molar refractivity (Wildman–Crippen MR) is 128 cm³/mol.